The second-order valence-electron chi connectivity index (χ2n) is 5.15. The molecule has 0 radical (unpaired) electrons. The third-order valence-electron chi connectivity index (χ3n) is 3.70. The molecule has 0 saturated heterocycles. The molecule has 4 rings (SSSR count). The summed E-state index contributed by atoms with van der Waals surface area (Å²) in [7, 11) is 0. The molecule has 104 valence electrons. The summed E-state index contributed by atoms with van der Waals surface area (Å²) in [5.74, 6) is 0. The van der Waals surface area contributed by atoms with Crippen LogP contribution in [0.4, 0.5) is 0 Å². The summed E-state index contributed by atoms with van der Waals surface area (Å²) >= 11 is 10.2. The van der Waals surface area contributed by atoms with Crippen molar-refractivity contribution in [1.29, 1.82) is 0 Å². The van der Waals surface area contributed by atoms with Crippen molar-refractivity contribution >= 4 is 54.4 Å². The molecular weight excluding hydrogens is 316 g/mol. The fourth-order valence-corrected chi connectivity index (χ4v) is 5.08. The molecule has 0 saturated carbocycles. The molecule has 0 aliphatic carbocycles. The zero-order valence-corrected chi connectivity index (χ0v) is 13.6. The van der Waals surface area contributed by atoms with Gasteiger partial charge < -0.3 is 0 Å². The van der Waals surface area contributed by atoms with Gasteiger partial charge in [-0.2, -0.15) is 0 Å². The van der Waals surface area contributed by atoms with E-state index in [0.29, 0.717) is 0 Å². The van der Waals surface area contributed by atoms with Crippen molar-refractivity contribution in [3.05, 3.63) is 70.4 Å². The molecule has 2 heterocycles. The molecule has 0 amide bonds. The predicted octanol–water partition coefficient (Wildman–Crippen LogP) is 6.64. The van der Waals surface area contributed by atoms with Crippen LogP contribution < -0.4 is 0 Å². The van der Waals surface area contributed by atoms with Crippen LogP contribution in [-0.4, -0.2) is 0 Å². The standard InChI is InChI=1S/C18H13ClS2/c19-15(17-11-18-16(21-17)7-8-20-18)10-12-5-6-13-3-1-2-4-14(13)9-12/h1-9,11,15H,10H2. The monoisotopic (exact) mass is 328 g/mol. The van der Waals surface area contributed by atoms with Crippen LogP contribution in [0, 0.1) is 0 Å². The number of thiophene rings is 2. The Hall–Kier alpha value is -1.35. The first-order chi connectivity index (χ1) is 10.3. The molecule has 1 atom stereocenters. The van der Waals surface area contributed by atoms with Gasteiger partial charge in [-0.1, -0.05) is 42.5 Å². The smallest absolute Gasteiger partial charge is 0.0719 e. The van der Waals surface area contributed by atoms with Gasteiger partial charge in [-0.3, -0.25) is 0 Å². The Morgan fingerprint density at radius 2 is 1.76 bits per heavy atom. The van der Waals surface area contributed by atoms with Crippen LogP contribution in [0.3, 0.4) is 0 Å². The third-order valence-corrected chi connectivity index (χ3v) is 6.42. The van der Waals surface area contributed by atoms with Gasteiger partial charge in [-0.05, 0) is 40.3 Å². The maximum atomic E-state index is 6.64. The lowest BCUT2D eigenvalue weighted by atomic mass is 10.0. The Morgan fingerprint density at radius 1 is 0.905 bits per heavy atom. The van der Waals surface area contributed by atoms with Crippen LogP contribution in [0.15, 0.2) is 60.0 Å². The number of alkyl halides is 1. The summed E-state index contributed by atoms with van der Waals surface area (Å²) in [6.07, 6.45) is 0.875. The molecule has 0 fully saturated rings. The van der Waals surface area contributed by atoms with E-state index in [1.54, 1.807) is 11.3 Å². The van der Waals surface area contributed by atoms with Crippen LogP contribution in [0.2, 0.25) is 0 Å². The Morgan fingerprint density at radius 3 is 2.62 bits per heavy atom. The number of benzene rings is 2. The van der Waals surface area contributed by atoms with Crippen molar-refractivity contribution in [3.8, 4) is 0 Å². The Balaban J connectivity index is 1.62. The number of fused-ring (bicyclic) bond motifs is 2. The van der Waals surface area contributed by atoms with Gasteiger partial charge in [0.05, 0.1) is 5.38 Å². The quantitative estimate of drug-likeness (QED) is 0.370. The lowest BCUT2D eigenvalue weighted by Crippen LogP contribution is -1.93. The highest BCUT2D eigenvalue weighted by Gasteiger charge is 2.13. The number of hydrogen-bond donors (Lipinski definition) is 0. The Kier molecular flexibility index (Phi) is 3.46. The molecule has 0 N–H and O–H groups in total. The molecule has 21 heavy (non-hydrogen) atoms. The van der Waals surface area contributed by atoms with E-state index in [-0.39, 0.29) is 5.38 Å². The highest BCUT2D eigenvalue weighted by Crippen LogP contribution is 2.37. The summed E-state index contributed by atoms with van der Waals surface area (Å²) in [4.78, 5) is 1.27. The summed E-state index contributed by atoms with van der Waals surface area (Å²) in [5.41, 5.74) is 1.30. The van der Waals surface area contributed by atoms with Gasteiger partial charge >= 0.3 is 0 Å². The molecule has 2 aromatic heterocycles. The fraction of sp³-hybridized carbons (Fsp3) is 0.111. The van der Waals surface area contributed by atoms with Crippen LogP contribution in [0.25, 0.3) is 20.2 Å². The topological polar surface area (TPSA) is 0 Å². The molecule has 2 aromatic carbocycles. The zero-order valence-electron chi connectivity index (χ0n) is 11.3. The minimum atomic E-state index is 0.0516. The summed E-state index contributed by atoms with van der Waals surface area (Å²) in [6, 6.07) is 19.5. The number of rotatable bonds is 3. The fourth-order valence-electron chi connectivity index (χ4n) is 2.61. The molecule has 3 heteroatoms. The van der Waals surface area contributed by atoms with Gasteiger partial charge in [0.1, 0.15) is 0 Å². The highest BCUT2D eigenvalue weighted by atomic mass is 35.5. The first-order valence-electron chi connectivity index (χ1n) is 6.88. The van der Waals surface area contributed by atoms with Crippen LogP contribution in [-0.2, 0) is 6.42 Å². The summed E-state index contributed by atoms with van der Waals surface area (Å²) < 4.78 is 2.69. The molecule has 0 aliphatic heterocycles. The molecule has 1 unspecified atom stereocenters. The first kappa shape index (κ1) is 13.3. The first-order valence-corrected chi connectivity index (χ1v) is 9.01. The van der Waals surface area contributed by atoms with Crippen molar-refractivity contribution < 1.29 is 0 Å². The van der Waals surface area contributed by atoms with Crippen LogP contribution >= 0.6 is 34.3 Å². The van der Waals surface area contributed by atoms with Gasteiger partial charge in [-0.15, -0.1) is 34.3 Å². The van der Waals surface area contributed by atoms with Crippen LogP contribution in [0.5, 0.6) is 0 Å². The van der Waals surface area contributed by atoms with Crippen molar-refractivity contribution in [2.24, 2.45) is 0 Å². The maximum absolute atomic E-state index is 6.64. The number of hydrogen-bond acceptors (Lipinski definition) is 2. The lowest BCUT2D eigenvalue weighted by molar-refractivity contribution is 0.943. The van der Waals surface area contributed by atoms with Crippen LogP contribution in [0.1, 0.15) is 15.8 Å². The van der Waals surface area contributed by atoms with Crippen molar-refractivity contribution in [2.75, 3.05) is 0 Å². The van der Waals surface area contributed by atoms with E-state index in [4.69, 9.17) is 11.6 Å². The van der Waals surface area contributed by atoms with E-state index in [1.165, 1.54) is 30.6 Å². The number of halogens is 1. The second kappa shape index (κ2) is 5.45. The zero-order chi connectivity index (χ0) is 14.2. The van der Waals surface area contributed by atoms with Crippen molar-refractivity contribution in [2.45, 2.75) is 11.8 Å². The normalized spacial score (nSPS) is 13.0. The van der Waals surface area contributed by atoms with Crippen molar-refractivity contribution in [3.63, 3.8) is 0 Å². The average Bonchev–Trinajstić information content (AvgIpc) is 3.08. The van der Waals surface area contributed by atoms with E-state index >= 15 is 0 Å². The second-order valence-corrected chi connectivity index (χ2v) is 7.74. The van der Waals surface area contributed by atoms with E-state index < -0.39 is 0 Å². The SMILES string of the molecule is ClC(Cc1ccc2ccccc2c1)c1cc2sccc2s1. The summed E-state index contributed by atoms with van der Waals surface area (Å²) in [5, 5.41) is 4.75. The molecule has 4 aromatic rings. The van der Waals surface area contributed by atoms with Gasteiger partial charge in [-0.25, -0.2) is 0 Å². The van der Waals surface area contributed by atoms with Gasteiger partial charge in [0, 0.05) is 14.3 Å². The minimum Gasteiger partial charge on any atom is -0.143 e. The lowest BCUT2D eigenvalue weighted by Gasteiger charge is -2.08. The molecule has 0 aliphatic rings. The predicted molar refractivity (Wildman–Crippen MR) is 95.9 cm³/mol. The maximum Gasteiger partial charge on any atom is 0.0719 e. The van der Waals surface area contributed by atoms with E-state index in [0.717, 1.165) is 6.42 Å². The van der Waals surface area contributed by atoms with E-state index in [2.05, 4.69) is 60.0 Å². The van der Waals surface area contributed by atoms with Crippen molar-refractivity contribution in [1.82, 2.24) is 0 Å². The summed E-state index contributed by atoms with van der Waals surface area (Å²) in [6.45, 7) is 0. The van der Waals surface area contributed by atoms with Gasteiger partial charge in [0.25, 0.3) is 0 Å². The largest absolute Gasteiger partial charge is 0.143 e. The molecular formula is C18H13ClS2. The average molecular weight is 329 g/mol. The van der Waals surface area contributed by atoms with Gasteiger partial charge in [0.15, 0.2) is 0 Å². The van der Waals surface area contributed by atoms with Gasteiger partial charge in [0.2, 0.25) is 0 Å². The third kappa shape index (κ3) is 2.59. The minimum absolute atomic E-state index is 0.0516. The van der Waals surface area contributed by atoms with E-state index in [9.17, 15) is 0 Å². The molecule has 0 bridgehead atoms. The molecule has 0 spiro atoms. The Labute approximate surface area is 136 Å². The highest BCUT2D eigenvalue weighted by molar-refractivity contribution is 7.27. The Bertz CT molecular complexity index is 875. The molecule has 0 nitrogen and oxygen atoms in total. The van der Waals surface area contributed by atoms with E-state index in [1.807, 2.05) is 11.3 Å².